The number of rotatable bonds is 4. The lowest BCUT2D eigenvalue weighted by molar-refractivity contribution is 0.0705. The Morgan fingerprint density at radius 1 is 1.40 bits per heavy atom. The highest BCUT2D eigenvalue weighted by Gasteiger charge is 2.22. The van der Waals surface area contributed by atoms with Gasteiger partial charge in [0.25, 0.3) is 0 Å². The molecular weight excluding hydrogens is 256 g/mol. The van der Waals surface area contributed by atoms with E-state index in [1.807, 2.05) is 24.3 Å². The number of aromatic nitrogens is 2. The quantitative estimate of drug-likeness (QED) is 0.857. The molecule has 1 aromatic carbocycles. The monoisotopic (exact) mass is 274 g/mol. The minimum atomic E-state index is 0.246. The summed E-state index contributed by atoms with van der Waals surface area (Å²) in [6, 6.07) is 7.90. The largest absolute Gasteiger partial charge is 0.497 e. The molecule has 5 nitrogen and oxygen atoms in total. The fourth-order valence-electron chi connectivity index (χ4n) is 2.41. The van der Waals surface area contributed by atoms with Crippen molar-refractivity contribution in [2.24, 2.45) is 0 Å². The number of benzene rings is 1. The molecule has 0 radical (unpaired) electrons. The molecule has 1 fully saturated rings. The molecule has 0 spiro atoms. The summed E-state index contributed by atoms with van der Waals surface area (Å²) in [6.45, 7) is 1.52. The number of hydrogen-bond acceptors (Lipinski definition) is 5. The average molecular weight is 274 g/mol. The highest BCUT2D eigenvalue weighted by molar-refractivity contribution is 5.30. The highest BCUT2D eigenvalue weighted by Crippen LogP contribution is 2.24. The first kappa shape index (κ1) is 13.1. The van der Waals surface area contributed by atoms with Gasteiger partial charge in [-0.1, -0.05) is 17.3 Å². The second kappa shape index (κ2) is 6.05. The van der Waals surface area contributed by atoms with Crippen LogP contribution in [0.4, 0.5) is 0 Å². The molecule has 1 unspecified atom stereocenters. The van der Waals surface area contributed by atoms with Crippen LogP contribution in [-0.4, -0.2) is 30.5 Å². The van der Waals surface area contributed by atoms with Crippen molar-refractivity contribution in [2.75, 3.05) is 20.3 Å². The Labute approximate surface area is 117 Å². The molecule has 0 saturated carbocycles. The summed E-state index contributed by atoms with van der Waals surface area (Å²) in [4.78, 5) is 4.49. The molecule has 1 saturated heterocycles. The van der Waals surface area contributed by atoms with Crippen molar-refractivity contribution in [3.63, 3.8) is 0 Å². The standard InChI is InChI=1S/C15H18N2O3/c1-18-13-6-2-4-11(8-13)9-14-16-15(20-17-14)12-5-3-7-19-10-12/h2,4,6,8,12H,3,5,7,9-10H2,1H3. The maximum absolute atomic E-state index is 5.45. The summed E-state index contributed by atoms with van der Waals surface area (Å²) in [5.41, 5.74) is 1.11. The smallest absolute Gasteiger partial charge is 0.232 e. The third-order valence-corrected chi connectivity index (χ3v) is 3.49. The predicted molar refractivity (Wildman–Crippen MR) is 72.9 cm³/mol. The van der Waals surface area contributed by atoms with E-state index in [9.17, 15) is 0 Å². The van der Waals surface area contributed by atoms with E-state index < -0.39 is 0 Å². The Morgan fingerprint density at radius 3 is 3.15 bits per heavy atom. The average Bonchev–Trinajstić information content (AvgIpc) is 2.97. The molecule has 2 aromatic rings. The minimum absolute atomic E-state index is 0.246. The molecule has 1 aromatic heterocycles. The van der Waals surface area contributed by atoms with Crippen molar-refractivity contribution in [3.05, 3.63) is 41.5 Å². The fraction of sp³-hybridized carbons (Fsp3) is 0.467. The lowest BCUT2D eigenvalue weighted by atomic mass is 10.0. The maximum Gasteiger partial charge on any atom is 0.232 e. The molecule has 0 N–H and O–H groups in total. The van der Waals surface area contributed by atoms with Crippen molar-refractivity contribution < 1.29 is 14.0 Å². The van der Waals surface area contributed by atoms with Gasteiger partial charge in [-0.2, -0.15) is 4.98 Å². The summed E-state index contributed by atoms with van der Waals surface area (Å²) in [5, 5.41) is 4.06. The number of ether oxygens (including phenoxy) is 2. The maximum atomic E-state index is 5.45. The van der Waals surface area contributed by atoms with Crippen LogP contribution in [0.25, 0.3) is 0 Å². The summed E-state index contributed by atoms with van der Waals surface area (Å²) in [5.74, 6) is 2.49. The molecule has 0 aliphatic carbocycles. The summed E-state index contributed by atoms with van der Waals surface area (Å²) in [7, 11) is 1.66. The van der Waals surface area contributed by atoms with Gasteiger partial charge >= 0.3 is 0 Å². The van der Waals surface area contributed by atoms with Gasteiger partial charge in [-0.3, -0.25) is 0 Å². The predicted octanol–water partition coefficient (Wildman–Crippen LogP) is 2.56. The van der Waals surface area contributed by atoms with E-state index in [2.05, 4.69) is 10.1 Å². The molecular formula is C15H18N2O3. The van der Waals surface area contributed by atoms with Crippen LogP contribution >= 0.6 is 0 Å². The van der Waals surface area contributed by atoms with Crippen LogP contribution in [0.15, 0.2) is 28.8 Å². The van der Waals surface area contributed by atoms with Crippen molar-refractivity contribution >= 4 is 0 Å². The van der Waals surface area contributed by atoms with Crippen LogP contribution in [0.2, 0.25) is 0 Å². The van der Waals surface area contributed by atoms with Gasteiger partial charge in [0, 0.05) is 13.0 Å². The fourth-order valence-corrected chi connectivity index (χ4v) is 2.41. The van der Waals surface area contributed by atoms with E-state index in [1.54, 1.807) is 7.11 Å². The Hall–Kier alpha value is -1.88. The Bertz CT molecular complexity index is 562. The first-order valence-corrected chi connectivity index (χ1v) is 6.88. The molecule has 3 rings (SSSR count). The second-order valence-corrected chi connectivity index (χ2v) is 4.99. The van der Waals surface area contributed by atoms with Gasteiger partial charge in [0.05, 0.1) is 19.6 Å². The lowest BCUT2D eigenvalue weighted by Gasteiger charge is -2.17. The third-order valence-electron chi connectivity index (χ3n) is 3.49. The van der Waals surface area contributed by atoms with Crippen LogP contribution in [0.3, 0.4) is 0 Å². The second-order valence-electron chi connectivity index (χ2n) is 4.99. The number of hydrogen-bond donors (Lipinski definition) is 0. The van der Waals surface area contributed by atoms with E-state index in [0.29, 0.717) is 24.7 Å². The van der Waals surface area contributed by atoms with E-state index in [4.69, 9.17) is 14.0 Å². The highest BCUT2D eigenvalue weighted by atomic mass is 16.5. The molecule has 1 aliphatic rings. The first-order valence-electron chi connectivity index (χ1n) is 6.88. The zero-order valence-electron chi connectivity index (χ0n) is 11.5. The Balaban J connectivity index is 1.70. The Kier molecular flexibility index (Phi) is 3.97. The zero-order valence-corrected chi connectivity index (χ0v) is 11.5. The van der Waals surface area contributed by atoms with Gasteiger partial charge in [-0.25, -0.2) is 0 Å². The molecule has 20 heavy (non-hydrogen) atoms. The van der Waals surface area contributed by atoms with Gasteiger partial charge in [-0.05, 0) is 30.5 Å². The molecule has 2 heterocycles. The normalized spacial score (nSPS) is 18.9. The summed E-state index contributed by atoms with van der Waals surface area (Å²) < 4.78 is 16.0. The van der Waals surface area contributed by atoms with Crippen LogP contribution in [0.5, 0.6) is 5.75 Å². The van der Waals surface area contributed by atoms with Gasteiger partial charge in [-0.15, -0.1) is 0 Å². The van der Waals surface area contributed by atoms with E-state index in [1.165, 1.54) is 0 Å². The molecule has 0 bridgehead atoms. The van der Waals surface area contributed by atoms with Crippen LogP contribution < -0.4 is 4.74 Å². The van der Waals surface area contributed by atoms with Gasteiger partial charge in [0.1, 0.15) is 5.75 Å². The third kappa shape index (κ3) is 2.99. The van der Waals surface area contributed by atoms with Crippen molar-refractivity contribution in [1.82, 2.24) is 10.1 Å². The van der Waals surface area contributed by atoms with E-state index >= 15 is 0 Å². The van der Waals surface area contributed by atoms with Gasteiger partial charge in [0.2, 0.25) is 5.89 Å². The van der Waals surface area contributed by atoms with Crippen molar-refractivity contribution in [1.29, 1.82) is 0 Å². The van der Waals surface area contributed by atoms with Crippen LogP contribution in [0, 0.1) is 0 Å². The van der Waals surface area contributed by atoms with Crippen molar-refractivity contribution in [3.8, 4) is 5.75 Å². The molecule has 106 valence electrons. The number of methoxy groups -OCH3 is 1. The molecule has 0 amide bonds. The first-order chi connectivity index (χ1) is 9.85. The summed E-state index contributed by atoms with van der Waals surface area (Å²) >= 11 is 0. The van der Waals surface area contributed by atoms with Crippen LogP contribution in [0.1, 0.15) is 36.0 Å². The van der Waals surface area contributed by atoms with Gasteiger partial charge in [0.15, 0.2) is 5.82 Å². The Morgan fingerprint density at radius 2 is 2.35 bits per heavy atom. The topological polar surface area (TPSA) is 57.4 Å². The SMILES string of the molecule is COc1cccc(Cc2noc(C3CCCOC3)n2)c1. The van der Waals surface area contributed by atoms with E-state index in [-0.39, 0.29) is 5.92 Å². The number of nitrogens with zero attached hydrogens (tertiary/aromatic N) is 2. The minimum Gasteiger partial charge on any atom is -0.497 e. The molecule has 1 aliphatic heterocycles. The molecule has 5 heteroatoms. The van der Waals surface area contributed by atoms with Gasteiger partial charge < -0.3 is 14.0 Å². The van der Waals surface area contributed by atoms with E-state index in [0.717, 1.165) is 30.8 Å². The van der Waals surface area contributed by atoms with Crippen molar-refractivity contribution in [2.45, 2.75) is 25.2 Å². The zero-order chi connectivity index (χ0) is 13.8. The molecule has 1 atom stereocenters. The van der Waals surface area contributed by atoms with Crippen LogP contribution in [-0.2, 0) is 11.2 Å². The summed E-state index contributed by atoms with van der Waals surface area (Å²) in [6.07, 6.45) is 2.76. The lowest BCUT2D eigenvalue weighted by Crippen LogP contribution is -2.15.